The Balaban J connectivity index is 2.03. The van der Waals surface area contributed by atoms with E-state index in [1.807, 2.05) is 32.0 Å². The zero-order chi connectivity index (χ0) is 19.6. The van der Waals surface area contributed by atoms with Gasteiger partial charge in [-0.1, -0.05) is 35.9 Å². The summed E-state index contributed by atoms with van der Waals surface area (Å²) in [5, 5.41) is 2.85. The first-order valence-electron chi connectivity index (χ1n) is 7.87. The number of hydrogen-bond donors (Lipinski definition) is 1. The quantitative estimate of drug-likeness (QED) is 0.495. The van der Waals surface area contributed by atoms with Gasteiger partial charge in [0, 0.05) is 11.6 Å². The molecule has 0 fully saturated rings. The molecule has 0 saturated heterocycles. The van der Waals surface area contributed by atoms with Gasteiger partial charge < -0.3 is 0 Å². The molecule has 27 heavy (non-hydrogen) atoms. The lowest BCUT2D eigenvalue weighted by Crippen LogP contribution is -2.15. The Morgan fingerprint density at radius 2 is 1.67 bits per heavy atom. The van der Waals surface area contributed by atoms with Gasteiger partial charge in [0.15, 0.2) is 0 Å². The molecule has 3 rings (SSSR count). The standard InChI is InChI=1S/C18H15ClN4O3S/c1-11-5-3-6-12(2)17(11)15-10-16(19)21-18(20-15)23-27(25,26)14-8-4-7-13(9-14)22-24/h3-10H,1-2H3,(H,20,21,23). The highest BCUT2D eigenvalue weighted by Gasteiger charge is 2.18. The van der Waals surface area contributed by atoms with Crippen LogP contribution in [0.15, 0.2) is 58.6 Å². The van der Waals surface area contributed by atoms with Crippen LogP contribution in [0.3, 0.4) is 0 Å². The Labute approximate surface area is 161 Å². The van der Waals surface area contributed by atoms with Gasteiger partial charge in [-0.3, -0.25) is 0 Å². The van der Waals surface area contributed by atoms with E-state index in [2.05, 4.69) is 19.9 Å². The normalized spacial score (nSPS) is 11.2. The van der Waals surface area contributed by atoms with Crippen molar-refractivity contribution in [3.8, 4) is 11.3 Å². The number of nitrogens with one attached hydrogen (secondary N) is 1. The predicted molar refractivity (Wildman–Crippen MR) is 105 cm³/mol. The molecule has 0 bridgehead atoms. The van der Waals surface area contributed by atoms with Crippen molar-refractivity contribution in [2.24, 2.45) is 5.18 Å². The highest BCUT2D eigenvalue weighted by atomic mass is 35.5. The second kappa shape index (κ2) is 7.42. The van der Waals surface area contributed by atoms with Gasteiger partial charge in [-0.15, -0.1) is 4.91 Å². The van der Waals surface area contributed by atoms with E-state index in [9.17, 15) is 13.3 Å². The molecule has 0 atom stereocenters. The lowest BCUT2D eigenvalue weighted by Gasteiger charge is -2.12. The van der Waals surface area contributed by atoms with Crippen LogP contribution in [-0.2, 0) is 10.0 Å². The SMILES string of the molecule is Cc1cccc(C)c1-c1cc(Cl)nc(NS(=O)(=O)c2cccc(N=O)c2)n1. The molecule has 3 aromatic rings. The molecule has 0 unspecified atom stereocenters. The molecular weight excluding hydrogens is 388 g/mol. The molecule has 0 aliphatic rings. The number of nitrogens with zero attached hydrogens (tertiary/aromatic N) is 3. The number of hydrogen-bond acceptors (Lipinski definition) is 6. The molecule has 0 aliphatic carbocycles. The smallest absolute Gasteiger partial charge is 0.247 e. The molecule has 0 aliphatic heterocycles. The molecule has 0 radical (unpaired) electrons. The van der Waals surface area contributed by atoms with E-state index >= 15 is 0 Å². The predicted octanol–water partition coefficient (Wildman–Crippen LogP) is 4.61. The number of aryl methyl sites for hydroxylation is 2. The van der Waals surface area contributed by atoms with Crippen molar-refractivity contribution in [3.05, 3.63) is 69.7 Å². The van der Waals surface area contributed by atoms with Gasteiger partial charge in [-0.25, -0.2) is 23.1 Å². The van der Waals surface area contributed by atoms with Crippen molar-refractivity contribution >= 4 is 33.3 Å². The maximum absolute atomic E-state index is 12.6. The third kappa shape index (κ3) is 4.12. The van der Waals surface area contributed by atoms with Crippen LogP contribution in [0.4, 0.5) is 11.6 Å². The molecule has 1 heterocycles. The van der Waals surface area contributed by atoms with E-state index in [1.165, 1.54) is 18.2 Å². The van der Waals surface area contributed by atoms with Crippen LogP contribution in [-0.4, -0.2) is 18.4 Å². The molecule has 138 valence electrons. The van der Waals surface area contributed by atoms with Gasteiger partial charge in [0.1, 0.15) is 10.8 Å². The third-order valence-electron chi connectivity index (χ3n) is 3.89. The van der Waals surface area contributed by atoms with Crippen molar-refractivity contribution < 1.29 is 8.42 Å². The molecule has 0 amide bonds. The van der Waals surface area contributed by atoms with Crippen molar-refractivity contribution in [1.82, 2.24) is 9.97 Å². The van der Waals surface area contributed by atoms with Gasteiger partial charge in [0.2, 0.25) is 5.95 Å². The molecule has 7 nitrogen and oxygen atoms in total. The van der Waals surface area contributed by atoms with Gasteiger partial charge in [0.05, 0.1) is 10.6 Å². The third-order valence-corrected chi connectivity index (χ3v) is 5.41. The highest BCUT2D eigenvalue weighted by Crippen LogP contribution is 2.28. The molecule has 0 saturated carbocycles. The first-order chi connectivity index (χ1) is 12.8. The maximum Gasteiger partial charge on any atom is 0.264 e. The van der Waals surface area contributed by atoms with Crippen molar-refractivity contribution in [1.29, 1.82) is 0 Å². The van der Waals surface area contributed by atoms with Crippen LogP contribution < -0.4 is 4.72 Å². The summed E-state index contributed by atoms with van der Waals surface area (Å²) in [6.07, 6.45) is 0. The highest BCUT2D eigenvalue weighted by molar-refractivity contribution is 7.92. The Hall–Kier alpha value is -2.84. The molecule has 1 N–H and O–H groups in total. The lowest BCUT2D eigenvalue weighted by molar-refractivity contribution is 0.601. The first kappa shape index (κ1) is 18.9. The van der Waals surface area contributed by atoms with E-state index in [0.29, 0.717) is 5.69 Å². The second-order valence-corrected chi connectivity index (χ2v) is 7.93. The monoisotopic (exact) mass is 402 g/mol. The van der Waals surface area contributed by atoms with E-state index in [4.69, 9.17) is 11.6 Å². The Morgan fingerprint density at radius 1 is 1.00 bits per heavy atom. The summed E-state index contributed by atoms with van der Waals surface area (Å²) < 4.78 is 27.5. The molecule has 9 heteroatoms. The first-order valence-corrected chi connectivity index (χ1v) is 9.74. The van der Waals surface area contributed by atoms with Crippen LogP contribution in [0, 0.1) is 18.8 Å². The minimum absolute atomic E-state index is 0.00103. The minimum Gasteiger partial charge on any atom is -0.247 e. The van der Waals surface area contributed by atoms with Crippen molar-refractivity contribution in [3.63, 3.8) is 0 Å². The summed E-state index contributed by atoms with van der Waals surface area (Å²) in [5.74, 6) is -0.162. The molecule has 1 aromatic heterocycles. The Kier molecular flexibility index (Phi) is 5.20. The largest absolute Gasteiger partial charge is 0.264 e. The Morgan fingerprint density at radius 3 is 2.33 bits per heavy atom. The summed E-state index contributed by atoms with van der Waals surface area (Å²) in [5.41, 5.74) is 3.31. The van der Waals surface area contributed by atoms with Gasteiger partial charge in [0.25, 0.3) is 10.0 Å². The minimum atomic E-state index is -4.01. The number of aromatic nitrogens is 2. The van der Waals surface area contributed by atoms with Gasteiger partial charge in [-0.05, 0) is 48.4 Å². The van der Waals surface area contributed by atoms with Crippen LogP contribution >= 0.6 is 11.6 Å². The summed E-state index contributed by atoms with van der Waals surface area (Å²) in [4.78, 5) is 18.8. The molecular formula is C18H15ClN4O3S. The van der Waals surface area contributed by atoms with E-state index in [1.54, 1.807) is 6.07 Å². The van der Waals surface area contributed by atoms with Gasteiger partial charge in [-0.2, -0.15) is 0 Å². The van der Waals surface area contributed by atoms with Crippen LogP contribution in [0.1, 0.15) is 11.1 Å². The number of sulfonamides is 1. The maximum atomic E-state index is 12.6. The van der Waals surface area contributed by atoms with Crippen LogP contribution in [0.25, 0.3) is 11.3 Å². The van der Waals surface area contributed by atoms with Crippen LogP contribution in [0.2, 0.25) is 5.15 Å². The lowest BCUT2D eigenvalue weighted by atomic mass is 10.00. The van der Waals surface area contributed by atoms with Gasteiger partial charge >= 0.3 is 0 Å². The number of halogens is 1. The fourth-order valence-corrected chi connectivity index (χ4v) is 3.86. The number of rotatable bonds is 5. The zero-order valence-electron chi connectivity index (χ0n) is 14.5. The van der Waals surface area contributed by atoms with Crippen LogP contribution in [0.5, 0.6) is 0 Å². The summed E-state index contributed by atoms with van der Waals surface area (Å²) >= 11 is 6.08. The molecule has 0 spiro atoms. The van der Waals surface area contributed by atoms with Crippen molar-refractivity contribution in [2.45, 2.75) is 18.7 Å². The average molecular weight is 403 g/mol. The van der Waals surface area contributed by atoms with E-state index < -0.39 is 10.0 Å². The van der Waals surface area contributed by atoms with E-state index in [0.717, 1.165) is 22.8 Å². The fourth-order valence-electron chi connectivity index (χ4n) is 2.70. The Bertz CT molecular complexity index is 1110. The summed E-state index contributed by atoms with van der Waals surface area (Å²) in [7, 11) is -4.01. The van der Waals surface area contributed by atoms with E-state index in [-0.39, 0.29) is 21.7 Å². The number of benzene rings is 2. The number of nitroso groups, excluding NO2 is 1. The topological polar surface area (TPSA) is 101 Å². The summed E-state index contributed by atoms with van der Waals surface area (Å²) in [6.45, 7) is 3.86. The van der Waals surface area contributed by atoms with Crippen molar-refractivity contribution in [2.75, 3.05) is 4.72 Å². The second-order valence-electron chi connectivity index (χ2n) is 5.86. The average Bonchev–Trinajstić information content (AvgIpc) is 2.61. The number of anilines is 1. The zero-order valence-corrected chi connectivity index (χ0v) is 16.0. The fraction of sp³-hybridized carbons (Fsp3) is 0.111. The summed E-state index contributed by atoms with van der Waals surface area (Å²) in [6, 6.07) is 12.7. The molecule has 2 aromatic carbocycles.